The minimum Gasteiger partial charge on any atom is -0.451 e. The predicted octanol–water partition coefficient (Wildman–Crippen LogP) is 4.07. The quantitative estimate of drug-likeness (QED) is 0.618. The fourth-order valence-electron chi connectivity index (χ4n) is 1.81. The number of oxime groups is 1. The van der Waals surface area contributed by atoms with Crippen LogP contribution in [-0.4, -0.2) is 18.9 Å². The Labute approximate surface area is 149 Å². The van der Waals surface area contributed by atoms with Crippen molar-refractivity contribution >= 4 is 23.4 Å². The van der Waals surface area contributed by atoms with E-state index in [1.807, 2.05) is 0 Å². The number of carbonyl (C=O) groups excluding carboxylic acids is 1. The predicted molar refractivity (Wildman–Crippen MR) is 91.0 cm³/mol. The highest BCUT2D eigenvalue weighted by Gasteiger charge is 2.09. The molecular formula is C17H16ClFN2O4. The summed E-state index contributed by atoms with van der Waals surface area (Å²) in [6.07, 6.45) is -0.764. The third-order valence-electron chi connectivity index (χ3n) is 3.16. The summed E-state index contributed by atoms with van der Waals surface area (Å²) in [6, 6.07) is 11.2. The molecule has 0 radical (unpaired) electrons. The first-order chi connectivity index (χ1) is 12.0. The van der Waals surface area contributed by atoms with Crippen molar-refractivity contribution in [2.24, 2.45) is 5.16 Å². The Balaban J connectivity index is 2.04. The third-order valence-corrected chi connectivity index (χ3v) is 3.47. The van der Waals surface area contributed by atoms with Crippen LogP contribution in [0.2, 0.25) is 5.02 Å². The van der Waals surface area contributed by atoms with Gasteiger partial charge in [0, 0.05) is 11.1 Å². The number of ether oxygens (including phenoxy) is 1. The Kier molecular flexibility index (Phi) is 6.59. The molecule has 1 N–H and O–H groups in total. The number of carbonyl (C=O) groups is 1. The van der Waals surface area contributed by atoms with Gasteiger partial charge in [-0.25, -0.2) is 9.18 Å². The van der Waals surface area contributed by atoms with Gasteiger partial charge in [0.2, 0.25) is 0 Å². The average molecular weight is 367 g/mol. The molecule has 0 aliphatic heterocycles. The molecule has 0 heterocycles. The number of hydrogen-bond acceptors (Lipinski definition) is 5. The number of benzene rings is 2. The van der Waals surface area contributed by atoms with Gasteiger partial charge in [-0.1, -0.05) is 41.0 Å². The summed E-state index contributed by atoms with van der Waals surface area (Å²) in [7, 11) is 1.21. The Hall–Kier alpha value is -2.80. The van der Waals surface area contributed by atoms with Gasteiger partial charge in [-0.2, -0.15) is 5.48 Å². The highest BCUT2D eigenvalue weighted by atomic mass is 35.5. The van der Waals surface area contributed by atoms with Crippen LogP contribution in [0.15, 0.2) is 47.6 Å². The molecule has 132 valence electrons. The molecule has 0 unspecified atom stereocenters. The number of amides is 1. The Bertz CT molecular complexity index is 783. The average Bonchev–Trinajstić information content (AvgIpc) is 2.62. The maximum Gasteiger partial charge on any atom is 0.440 e. The maximum absolute atomic E-state index is 13.5. The third kappa shape index (κ3) is 5.36. The van der Waals surface area contributed by atoms with Gasteiger partial charge >= 0.3 is 6.09 Å². The minimum absolute atomic E-state index is 0.00482. The summed E-state index contributed by atoms with van der Waals surface area (Å²) in [5.41, 5.74) is 3.65. The van der Waals surface area contributed by atoms with Gasteiger partial charge in [0.25, 0.3) is 0 Å². The summed E-state index contributed by atoms with van der Waals surface area (Å²) in [5.74, 6) is -0.139. The van der Waals surface area contributed by atoms with Crippen LogP contribution in [0, 0.1) is 5.82 Å². The van der Waals surface area contributed by atoms with Gasteiger partial charge in [0.05, 0.1) is 17.8 Å². The summed E-state index contributed by atoms with van der Waals surface area (Å²) < 4.78 is 17.9. The first-order valence-electron chi connectivity index (χ1n) is 7.22. The molecule has 0 saturated carbocycles. The van der Waals surface area contributed by atoms with Crippen LogP contribution in [0.3, 0.4) is 0 Å². The normalized spacial score (nSPS) is 11.0. The molecule has 6 nitrogen and oxygen atoms in total. The minimum atomic E-state index is -0.764. The molecule has 0 aliphatic rings. The lowest BCUT2D eigenvalue weighted by molar-refractivity contribution is 0.118. The molecule has 0 saturated heterocycles. The molecule has 2 rings (SSSR count). The highest BCUT2D eigenvalue weighted by Crippen LogP contribution is 2.25. The monoisotopic (exact) mass is 366 g/mol. The molecule has 0 aromatic heterocycles. The molecule has 25 heavy (non-hydrogen) atoms. The van der Waals surface area contributed by atoms with Crippen LogP contribution in [-0.2, 0) is 16.2 Å². The number of hydrogen-bond donors (Lipinski definition) is 1. The molecule has 0 atom stereocenters. The van der Waals surface area contributed by atoms with Crippen molar-refractivity contribution in [1.82, 2.24) is 5.48 Å². The van der Waals surface area contributed by atoms with E-state index in [0.29, 0.717) is 21.9 Å². The molecule has 0 bridgehead atoms. The van der Waals surface area contributed by atoms with Crippen LogP contribution in [0.5, 0.6) is 5.75 Å². The maximum atomic E-state index is 13.5. The zero-order valence-electron chi connectivity index (χ0n) is 13.6. The second-order valence-corrected chi connectivity index (χ2v) is 5.29. The van der Waals surface area contributed by atoms with Gasteiger partial charge in [-0.05, 0) is 25.1 Å². The van der Waals surface area contributed by atoms with Crippen molar-refractivity contribution in [3.8, 4) is 5.75 Å². The van der Waals surface area contributed by atoms with Crippen LogP contribution in [0.25, 0.3) is 0 Å². The van der Waals surface area contributed by atoms with Crippen molar-refractivity contribution in [2.45, 2.75) is 13.5 Å². The van der Waals surface area contributed by atoms with E-state index in [4.69, 9.17) is 21.3 Å². The van der Waals surface area contributed by atoms with E-state index in [9.17, 15) is 9.18 Å². The number of rotatable bonds is 6. The topological polar surface area (TPSA) is 69.2 Å². The summed E-state index contributed by atoms with van der Waals surface area (Å²) >= 11 is 6.00. The van der Waals surface area contributed by atoms with Crippen molar-refractivity contribution in [3.63, 3.8) is 0 Å². The lowest BCUT2D eigenvalue weighted by atomic mass is 10.1. The number of hydroxylamine groups is 1. The standard InChI is InChI=1S/C17H16ClFN2O4/c1-11(20-24-10-13-5-3-4-6-15(13)19)12-7-8-14(18)16(9-12)25-21-17(22)23-2/h3-9H,10H2,1-2H3,(H,21,22). The first-order valence-corrected chi connectivity index (χ1v) is 7.59. The fraction of sp³-hybridized carbons (Fsp3) is 0.176. The second kappa shape index (κ2) is 8.89. The van der Waals surface area contributed by atoms with E-state index in [1.165, 1.54) is 13.2 Å². The van der Waals surface area contributed by atoms with Crippen molar-refractivity contribution in [1.29, 1.82) is 0 Å². The number of halogens is 2. The molecule has 2 aromatic rings. The van der Waals surface area contributed by atoms with E-state index in [2.05, 4.69) is 15.4 Å². The summed E-state index contributed by atoms with van der Waals surface area (Å²) in [4.78, 5) is 21.3. The Morgan fingerprint density at radius 1 is 1.28 bits per heavy atom. The second-order valence-electron chi connectivity index (χ2n) is 4.88. The first kappa shape index (κ1) is 18.5. The summed E-state index contributed by atoms with van der Waals surface area (Å²) in [6.45, 7) is 1.72. The van der Waals surface area contributed by atoms with Crippen molar-refractivity contribution < 1.29 is 23.6 Å². The number of methoxy groups -OCH3 is 1. The van der Waals surface area contributed by atoms with Gasteiger partial charge in [-0.15, -0.1) is 0 Å². The van der Waals surface area contributed by atoms with Crippen molar-refractivity contribution in [3.05, 3.63) is 64.4 Å². The van der Waals surface area contributed by atoms with E-state index in [1.54, 1.807) is 43.3 Å². The molecule has 2 aromatic carbocycles. The fourth-order valence-corrected chi connectivity index (χ4v) is 1.97. The van der Waals surface area contributed by atoms with E-state index in [-0.39, 0.29) is 18.2 Å². The lowest BCUT2D eigenvalue weighted by Gasteiger charge is -2.09. The zero-order valence-corrected chi connectivity index (χ0v) is 14.3. The molecule has 1 amide bonds. The van der Waals surface area contributed by atoms with E-state index < -0.39 is 6.09 Å². The highest BCUT2D eigenvalue weighted by molar-refractivity contribution is 6.32. The molecule has 8 heteroatoms. The van der Waals surface area contributed by atoms with Crippen LogP contribution in [0.1, 0.15) is 18.1 Å². The van der Waals surface area contributed by atoms with Crippen LogP contribution in [0.4, 0.5) is 9.18 Å². The Morgan fingerprint density at radius 2 is 2.04 bits per heavy atom. The largest absolute Gasteiger partial charge is 0.451 e. The van der Waals surface area contributed by atoms with Gasteiger partial charge in [0.15, 0.2) is 5.75 Å². The van der Waals surface area contributed by atoms with Gasteiger partial charge < -0.3 is 14.4 Å². The van der Waals surface area contributed by atoms with Crippen molar-refractivity contribution in [2.75, 3.05) is 7.11 Å². The molecule has 0 spiro atoms. The lowest BCUT2D eigenvalue weighted by Crippen LogP contribution is -2.26. The zero-order chi connectivity index (χ0) is 18.2. The van der Waals surface area contributed by atoms with E-state index >= 15 is 0 Å². The van der Waals surface area contributed by atoms with Crippen LogP contribution < -0.4 is 10.3 Å². The Morgan fingerprint density at radius 3 is 2.76 bits per heavy atom. The van der Waals surface area contributed by atoms with Crippen LogP contribution >= 0.6 is 11.6 Å². The molecular weight excluding hydrogens is 351 g/mol. The van der Waals surface area contributed by atoms with E-state index in [0.717, 1.165) is 0 Å². The van der Waals surface area contributed by atoms with Gasteiger partial charge in [0.1, 0.15) is 12.4 Å². The number of nitrogens with one attached hydrogen (secondary N) is 1. The van der Waals surface area contributed by atoms with Gasteiger partial charge in [-0.3, -0.25) is 0 Å². The smallest absolute Gasteiger partial charge is 0.440 e. The summed E-state index contributed by atoms with van der Waals surface area (Å²) in [5, 5.41) is 4.24. The molecule has 0 aliphatic carbocycles. The number of nitrogens with zero attached hydrogens (tertiary/aromatic N) is 1. The SMILES string of the molecule is COC(=O)NOc1cc(C(C)=NOCc2ccccc2F)ccc1Cl. The molecule has 0 fully saturated rings.